The number of carbonyl (C=O) groups excluding carboxylic acids is 1. The topological polar surface area (TPSA) is 75.0 Å². The predicted octanol–water partition coefficient (Wildman–Crippen LogP) is 3.64. The number of rotatable bonds is 4. The van der Waals surface area contributed by atoms with Crippen LogP contribution in [-0.4, -0.2) is 32.5 Å². The molecule has 6 nitrogen and oxygen atoms in total. The van der Waals surface area contributed by atoms with Gasteiger partial charge in [-0.3, -0.25) is 4.79 Å². The standard InChI is InChI=1S/C17H16ClFN4O2/c18-15-9-11(25-22-15)4-6-16(24)23-7-1-2-14(23)17-20-12-5-3-10(19)8-13(12)21-17/h3,5,8-9,14H,1-2,4,6-7H2,(H,20,21)/t14-/m0/s1. The molecule has 1 N–H and O–H groups in total. The molecule has 25 heavy (non-hydrogen) atoms. The Morgan fingerprint density at radius 2 is 2.32 bits per heavy atom. The van der Waals surface area contributed by atoms with Crippen molar-refractivity contribution >= 4 is 28.5 Å². The van der Waals surface area contributed by atoms with Gasteiger partial charge in [0.2, 0.25) is 5.91 Å². The maximum absolute atomic E-state index is 13.4. The molecule has 130 valence electrons. The molecule has 1 saturated heterocycles. The predicted molar refractivity (Wildman–Crippen MR) is 89.6 cm³/mol. The van der Waals surface area contributed by atoms with E-state index in [0.29, 0.717) is 42.0 Å². The Kier molecular flexibility index (Phi) is 4.17. The van der Waals surface area contributed by atoms with Crippen LogP contribution in [0.3, 0.4) is 0 Å². The number of amides is 1. The molecule has 0 radical (unpaired) electrons. The Balaban J connectivity index is 1.49. The maximum Gasteiger partial charge on any atom is 0.223 e. The number of nitrogens with one attached hydrogen (secondary N) is 1. The molecule has 3 heterocycles. The monoisotopic (exact) mass is 362 g/mol. The van der Waals surface area contributed by atoms with Crippen LogP contribution in [0.5, 0.6) is 0 Å². The molecule has 0 saturated carbocycles. The molecule has 1 aromatic carbocycles. The number of likely N-dealkylation sites (tertiary alicyclic amines) is 1. The number of imidazole rings is 1. The smallest absolute Gasteiger partial charge is 0.223 e. The molecule has 1 aliphatic heterocycles. The van der Waals surface area contributed by atoms with Crippen LogP contribution in [0.2, 0.25) is 5.15 Å². The second kappa shape index (κ2) is 6.48. The van der Waals surface area contributed by atoms with Gasteiger partial charge in [0.1, 0.15) is 17.4 Å². The second-order valence-corrected chi connectivity index (χ2v) is 6.53. The molecule has 1 aliphatic rings. The van der Waals surface area contributed by atoms with Crippen molar-refractivity contribution in [1.29, 1.82) is 0 Å². The average molecular weight is 363 g/mol. The van der Waals surface area contributed by atoms with Crippen LogP contribution in [-0.2, 0) is 11.2 Å². The van der Waals surface area contributed by atoms with Gasteiger partial charge in [-0.25, -0.2) is 9.37 Å². The van der Waals surface area contributed by atoms with Crippen molar-refractivity contribution in [3.8, 4) is 0 Å². The van der Waals surface area contributed by atoms with Crippen molar-refractivity contribution < 1.29 is 13.7 Å². The first kappa shape index (κ1) is 16.1. The Hall–Kier alpha value is -2.41. The van der Waals surface area contributed by atoms with Gasteiger partial charge in [-0.2, -0.15) is 0 Å². The lowest BCUT2D eigenvalue weighted by atomic mass is 10.2. The first-order valence-electron chi connectivity index (χ1n) is 8.16. The van der Waals surface area contributed by atoms with Crippen LogP contribution < -0.4 is 0 Å². The van der Waals surface area contributed by atoms with Crippen molar-refractivity contribution in [1.82, 2.24) is 20.0 Å². The van der Waals surface area contributed by atoms with E-state index in [1.165, 1.54) is 12.1 Å². The van der Waals surface area contributed by atoms with Crippen molar-refractivity contribution in [2.24, 2.45) is 0 Å². The van der Waals surface area contributed by atoms with E-state index in [-0.39, 0.29) is 22.9 Å². The lowest BCUT2D eigenvalue weighted by Gasteiger charge is -2.23. The van der Waals surface area contributed by atoms with E-state index < -0.39 is 0 Å². The summed E-state index contributed by atoms with van der Waals surface area (Å²) in [4.78, 5) is 22.1. The number of carbonyl (C=O) groups is 1. The van der Waals surface area contributed by atoms with Crippen molar-refractivity contribution in [2.45, 2.75) is 31.7 Å². The largest absolute Gasteiger partial charge is 0.360 e. The van der Waals surface area contributed by atoms with Crippen LogP contribution in [0, 0.1) is 5.82 Å². The Labute approximate surface area is 148 Å². The second-order valence-electron chi connectivity index (χ2n) is 6.14. The fourth-order valence-electron chi connectivity index (χ4n) is 3.29. The summed E-state index contributed by atoms with van der Waals surface area (Å²) in [5.74, 6) is 1.01. The first-order valence-corrected chi connectivity index (χ1v) is 8.54. The average Bonchev–Trinajstić information content (AvgIpc) is 3.30. The van der Waals surface area contributed by atoms with Crippen LogP contribution in [0.4, 0.5) is 4.39 Å². The van der Waals surface area contributed by atoms with E-state index >= 15 is 0 Å². The Morgan fingerprint density at radius 1 is 1.44 bits per heavy atom. The summed E-state index contributed by atoms with van der Waals surface area (Å²) in [6.45, 7) is 0.687. The summed E-state index contributed by atoms with van der Waals surface area (Å²) in [5, 5.41) is 3.89. The number of benzene rings is 1. The molecule has 1 fully saturated rings. The highest BCUT2D eigenvalue weighted by Gasteiger charge is 2.32. The Morgan fingerprint density at radius 3 is 3.12 bits per heavy atom. The number of fused-ring (bicyclic) bond motifs is 1. The minimum atomic E-state index is -0.312. The highest BCUT2D eigenvalue weighted by Crippen LogP contribution is 2.32. The van der Waals surface area contributed by atoms with E-state index in [1.807, 2.05) is 4.90 Å². The molecule has 0 unspecified atom stereocenters. The fourth-order valence-corrected chi connectivity index (χ4v) is 3.44. The van der Waals surface area contributed by atoms with Crippen molar-refractivity contribution in [3.05, 3.63) is 46.8 Å². The Bertz CT molecular complexity index is 922. The maximum atomic E-state index is 13.4. The van der Waals surface area contributed by atoms with Crippen LogP contribution >= 0.6 is 11.6 Å². The fraction of sp³-hybridized carbons (Fsp3) is 0.353. The number of aromatic amines is 1. The van der Waals surface area contributed by atoms with E-state index in [2.05, 4.69) is 15.1 Å². The number of aromatic nitrogens is 3. The molecule has 0 bridgehead atoms. The van der Waals surface area contributed by atoms with Gasteiger partial charge < -0.3 is 14.4 Å². The van der Waals surface area contributed by atoms with Gasteiger partial charge >= 0.3 is 0 Å². The third-order valence-electron chi connectivity index (χ3n) is 4.47. The lowest BCUT2D eigenvalue weighted by Crippen LogP contribution is -2.31. The minimum Gasteiger partial charge on any atom is -0.360 e. The third-order valence-corrected chi connectivity index (χ3v) is 4.64. The third kappa shape index (κ3) is 3.24. The molecule has 1 atom stereocenters. The summed E-state index contributed by atoms with van der Waals surface area (Å²) in [5.41, 5.74) is 1.35. The number of halogens is 2. The zero-order valence-corrected chi connectivity index (χ0v) is 14.1. The first-order chi connectivity index (χ1) is 12.1. The van der Waals surface area contributed by atoms with Crippen LogP contribution in [0.25, 0.3) is 11.0 Å². The van der Waals surface area contributed by atoms with E-state index in [9.17, 15) is 9.18 Å². The summed E-state index contributed by atoms with van der Waals surface area (Å²) in [7, 11) is 0. The molecular formula is C17H16ClFN4O2. The van der Waals surface area contributed by atoms with Gasteiger partial charge in [0.05, 0.1) is 17.1 Å². The number of H-pyrrole nitrogens is 1. The molecule has 3 aromatic rings. The lowest BCUT2D eigenvalue weighted by molar-refractivity contribution is -0.132. The van der Waals surface area contributed by atoms with Gasteiger partial charge in [-0.15, -0.1) is 0 Å². The van der Waals surface area contributed by atoms with Gasteiger partial charge in [0.25, 0.3) is 0 Å². The number of hydrogen-bond acceptors (Lipinski definition) is 4. The minimum absolute atomic E-state index is 0.0293. The van der Waals surface area contributed by atoms with Gasteiger partial charge in [0.15, 0.2) is 5.15 Å². The highest BCUT2D eigenvalue weighted by atomic mass is 35.5. The quantitative estimate of drug-likeness (QED) is 0.768. The molecule has 4 rings (SSSR count). The molecule has 2 aromatic heterocycles. The van der Waals surface area contributed by atoms with Gasteiger partial charge in [-0.05, 0) is 31.0 Å². The molecular weight excluding hydrogens is 347 g/mol. The zero-order valence-electron chi connectivity index (χ0n) is 13.3. The normalized spacial score (nSPS) is 17.5. The summed E-state index contributed by atoms with van der Waals surface area (Å²) in [6, 6.07) is 5.94. The van der Waals surface area contributed by atoms with Gasteiger partial charge in [0, 0.05) is 25.5 Å². The summed E-state index contributed by atoms with van der Waals surface area (Å²) < 4.78 is 18.4. The van der Waals surface area contributed by atoms with Crippen LogP contribution in [0.1, 0.15) is 36.9 Å². The number of aryl methyl sites for hydroxylation is 1. The van der Waals surface area contributed by atoms with Crippen LogP contribution in [0.15, 0.2) is 28.8 Å². The zero-order chi connectivity index (χ0) is 17.4. The van der Waals surface area contributed by atoms with E-state index in [0.717, 1.165) is 12.8 Å². The summed E-state index contributed by atoms with van der Waals surface area (Å²) in [6.07, 6.45) is 2.52. The van der Waals surface area contributed by atoms with E-state index in [1.54, 1.807) is 12.1 Å². The SMILES string of the molecule is O=C(CCc1cc(Cl)no1)N1CCC[C@H]1c1nc2ccc(F)cc2[nH]1. The molecule has 1 amide bonds. The summed E-state index contributed by atoms with van der Waals surface area (Å²) >= 11 is 5.72. The molecule has 8 heteroatoms. The van der Waals surface area contributed by atoms with Crippen molar-refractivity contribution in [3.63, 3.8) is 0 Å². The molecule has 0 aliphatic carbocycles. The molecule has 0 spiro atoms. The van der Waals surface area contributed by atoms with Gasteiger partial charge in [-0.1, -0.05) is 16.8 Å². The van der Waals surface area contributed by atoms with Crippen molar-refractivity contribution in [2.75, 3.05) is 6.54 Å². The highest BCUT2D eigenvalue weighted by molar-refractivity contribution is 6.29. The van der Waals surface area contributed by atoms with E-state index in [4.69, 9.17) is 16.1 Å². The number of hydrogen-bond donors (Lipinski definition) is 1. The number of nitrogens with zero attached hydrogens (tertiary/aromatic N) is 3.